The molecule has 0 bridgehead atoms. The van der Waals surface area contributed by atoms with Crippen LogP contribution in [0.25, 0.3) is 0 Å². The molecule has 2 aromatic carbocycles. The summed E-state index contributed by atoms with van der Waals surface area (Å²) < 4.78 is 33.9. The summed E-state index contributed by atoms with van der Waals surface area (Å²) in [6.45, 7) is -3.33. The predicted octanol–water partition coefficient (Wildman–Crippen LogP) is 2.38. The van der Waals surface area contributed by atoms with Crippen molar-refractivity contribution in [1.29, 1.82) is 0 Å². The van der Waals surface area contributed by atoms with Crippen molar-refractivity contribution in [2.24, 2.45) is 10.9 Å². The fraction of sp³-hybridized carbons (Fsp3) is 0.167. The minimum absolute atomic E-state index is 0.0985. The van der Waals surface area contributed by atoms with E-state index in [0.717, 1.165) is 0 Å². The standard InChI is InChI=1S/C18H17F2N3O5/c1-26-15-8-11(2-7-14(15)28-18(19)20)9-22-27-10-16(24)23-13-5-3-12(4-6-13)17(21)25/h2-9,18H,10H2,1H3,(H2,21,25)(H,23,24)/b22-9-. The van der Waals surface area contributed by atoms with Gasteiger partial charge in [-0.25, -0.2) is 0 Å². The number of hydrogen-bond acceptors (Lipinski definition) is 6. The molecule has 0 heterocycles. The molecule has 0 fully saturated rings. The number of benzene rings is 2. The van der Waals surface area contributed by atoms with Gasteiger partial charge in [0.1, 0.15) is 0 Å². The number of halogens is 2. The molecule has 2 aromatic rings. The Labute approximate surface area is 158 Å². The van der Waals surface area contributed by atoms with Gasteiger partial charge >= 0.3 is 6.61 Å². The van der Waals surface area contributed by atoms with E-state index in [4.69, 9.17) is 15.3 Å². The Morgan fingerprint density at radius 3 is 2.50 bits per heavy atom. The average Bonchev–Trinajstić information content (AvgIpc) is 2.66. The lowest BCUT2D eigenvalue weighted by Gasteiger charge is -2.09. The van der Waals surface area contributed by atoms with Crippen molar-refractivity contribution in [1.82, 2.24) is 0 Å². The van der Waals surface area contributed by atoms with Gasteiger partial charge in [0, 0.05) is 16.8 Å². The first-order valence-corrected chi connectivity index (χ1v) is 7.87. The minimum Gasteiger partial charge on any atom is -0.493 e. The zero-order valence-electron chi connectivity index (χ0n) is 14.7. The van der Waals surface area contributed by atoms with E-state index in [2.05, 4.69) is 15.2 Å². The molecule has 2 rings (SSSR count). The molecule has 0 saturated heterocycles. The normalized spacial score (nSPS) is 10.7. The minimum atomic E-state index is -2.97. The van der Waals surface area contributed by atoms with Crippen LogP contribution in [0.3, 0.4) is 0 Å². The second kappa shape index (κ2) is 9.86. The smallest absolute Gasteiger partial charge is 0.387 e. The summed E-state index contributed by atoms with van der Waals surface area (Å²) in [4.78, 5) is 27.7. The van der Waals surface area contributed by atoms with E-state index in [1.54, 1.807) is 0 Å². The molecule has 148 valence electrons. The van der Waals surface area contributed by atoms with Crippen molar-refractivity contribution in [2.45, 2.75) is 6.61 Å². The number of anilines is 1. The van der Waals surface area contributed by atoms with Crippen LogP contribution in [0.5, 0.6) is 11.5 Å². The highest BCUT2D eigenvalue weighted by atomic mass is 19.3. The van der Waals surface area contributed by atoms with E-state index in [-0.39, 0.29) is 18.1 Å². The first-order chi connectivity index (χ1) is 13.4. The van der Waals surface area contributed by atoms with Gasteiger partial charge in [-0.3, -0.25) is 9.59 Å². The van der Waals surface area contributed by atoms with Crippen LogP contribution < -0.4 is 20.5 Å². The Bertz CT molecular complexity index is 857. The fourth-order valence-electron chi connectivity index (χ4n) is 2.07. The van der Waals surface area contributed by atoms with E-state index in [9.17, 15) is 18.4 Å². The second-order valence-electron chi connectivity index (χ2n) is 5.29. The summed E-state index contributed by atoms with van der Waals surface area (Å²) >= 11 is 0. The third kappa shape index (κ3) is 6.24. The summed E-state index contributed by atoms with van der Waals surface area (Å²) in [5, 5.41) is 6.19. The molecule has 3 N–H and O–H groups in total. The maximum Gasteiger partial charge on any atom is 0.387 e. The third-order valence-electron chi connectivity index (χ3n) is 3.33. The number of methoxy groups -OCH3 is 1. The van der Waals surface area contributed by atoms with E-state index < -0.39 is 18.4 Å². The van der Waals surface area contributed by atoms with E-state index in [1.165, 1.54) is 55.8 Å². The van der Waals surface area contributed by atoms with Gasteiger partial charge in [-0.1, -0.05) is 5.16 Å². The van der Waals surface area contributed by atoms with Crippen LogP contribution in [0.1, 0.15) is 15.9 Å². The van der Waals surface area contributed by atoms with Crippen LogP contribution in [-0.2, 0) is 9.63 Å². The number of nitrogens with zero attached hydrogens (tertiary/aromatic N) is 1. The van der Waals surface area contributed by atoms with Crippen molar-refractivity contribution in [3.8, 4) is 11.5 Å². The lowest BCUT2D eigenvalue weighted by atomic mass is 10.2. The Hall–Kier alpha value is -3.69. The van der Waals surface area contributed by atoms with Gasteiger partial charge in [0.15, 0.2) is 18.1 Å². The van der Waals surface area contributed by atoms with Crippen molar-refractivity contribution in [2.75, 3.05) is 19.0 Å². The van der Waals surface area contributed by atoms with Crippen molar-refractivity contribution in [3.05, 3.63) is 53.6 Å². The lowest BCUT2D eigenvalue weighted by Crippen LogP contribution is -2.17. The van der Waals surface area contributed by atoms with Gasteiger partial charge in [-0.2, -0.15) is 8.78 Å². The topological polar surface area (TPSA) is 112 Å². The number of hydrogen-bond donors (Lipinski definition) is 2. The van der Waals surface area contributed by atoms with Gasteiger partial charge in [0.25, 0.3) is 5.91 Å². The van der Waals surface area contributed by atoms with E-state index >= 15 is 0 Å². The number of carbonyl (C=O) groups excluding carboxylic acids is 2. The van der Waals surface area contributed by atoms with Gasteiger partial charge in [-0.15, -0.1) is 0 Å². The van der Waals surface area contributed by atoms with Gasteiger partial charge < -0.3 is 25.4 Å². The number of nitrogens with one attached hydrogen (secondary N) is 1. The number of oxime groups is 1. The third-order valence-corrected chi connectivity index (χ3v) is 3.33. The van der Waals surface area contributed by atoms with E-state index in [0.29, 0.717) is 16.8 Å². The largest absolute Gasteiger partial charge is 0.493 e. The first kappa shape index (κ1) is 20.6. The molecule has 8 nitrogen and oxygen atoms in total. The molecule has 0 aliphatic rings. The monoisotopic (exact) mass is 393 g/mol. The number of carbonyl (C=O) groups is 2. The van der Waals surface area contributed by atoms with Crippen LogP contribution in [0.2, 0.25) is 0 Å². The molecule has 0 aliphatic heterocycles. The number of alkyl halides is 2. The first-order valence-electron chi connectivity index (χ1n) is 7.87. The molecule has 0 atom stereocenters. The van der Waals surface area contributed by atoms with Gasteiger partial charge in [0.05, 0.1) is 13.3 Å². The predicted molar refractivity (Wildman–Crippen MR) is 96.8 cm³/mol. The molecule has 0 aliphatic carbocycles. The second-order valence-corrected chi connectivity index (χ2v) is 5.29. The van der Waals surface area contributed by atoms with Gasteiger partial charge in [-0.05, 0) is 42.5 Å². The average molecular weight is 393 g/mol. The maximum absolute atomic E-state index is 12.3. The molecule has 0 aromatic heterocycles. The van der Waals surface area contributed by atoms with E-state index in [1.807, 2.05) is 0 Å². The summed E-state index contributed by atoms with van der Waals surface area (Å²) in [7, 11) is 1.31. The van der Waals surface area contributed by atoms with Crippen LogP contribution >= 0.6 is 0 Å². The molecule has 2 amide bonds. The molecule has 10 heteroatoms. The Kier molecular flexibility index (Phi) is 7.26. The summed E-state index contributed by atoms with van der Waals surface area (Å²) in [5.41, 5.74) is 6.40. The molecule has 0 spiro atoms. The lowest BCUT2D eigenvalue weighted by molar-refractivity contribution is -0.120. The molecule has 0 saturated carbocycles. The molecular formula is C18H17F2N3O5. The number of nitrogens with two attached hydrogens (primary N) is 1. The molecule has 28 heavy (non-hydrogen) atoms. The summed E-state index contributed by atoms with van der Waals surface area (Å²) in [5.74, 6) is -1.05. The zero-order chi connectivity index (χ0) is 20.5. The van der Waals surface area contributed by atoms with Crippen molar-refractivity contribution < 1.29 is 32.7 Å². The van der Waals surface area contributed by atoms with Crippen molar-refractivity contribution >= 4 is 23.7 Å². The Balaban J connectivity index is 1.85. The summed E-state index contributed by atoms with van der Waals surface area (Å²) in [6, 6.07) is 10.2. The van der Waals surface area contributed by atoms with Crippen LogP contribution in [0.4, 0.5) is 14.5 Å². The zero-order valence-corrected chi connectivity index (χ0v) is 14.7. The molecule has 0 unspecified atom stereocenters. The van der Waals surface area contributed by atoms with Crippen LogP contribution in [-0.4, -0.2) is 38.4 Å². The number of rotatable bonds is 9. The SMILES string of the molecule is COc1cc(/C=N\OCC(=O)Nc2ccc(C(N)=O)cc2)ccc1OC(F)F. The Morgan fingerprint density at radius 1 is 1.18 bits per heavy atom. The van der Waals surface area contributed by atoms with Gasteiger partial charge in [0.2, 0.25) is 5.91 Å². The highest BCUT2D eigenvalue weighted by Crippen LogP contribution is 2.28. The Morgan fingerprint density at radius 2 is 1.89 bits per heavy atom. The van der Waals surface area contributed by atoms with Crippen LogP contribution in [0, 0.1) is 0 Å². The molecule has 0 radical (unpaired) electrons. The number of ether oxygens (including phenoxy) is 2. The van der Waals surface area contributed by atoms with Crippen molar-refractivity contribution in [3.63, 3.8) is 0 Å². The maximum atomic E-state index is 12.3. The van der Waals surface area contributed by atoms with Crippen LogP contribution in [0.15, 0.2) is 47.6 Å². The number of amides is 2. The number of primary amides is 1. The quantitative estimate of drug-likeness (QED) is 0.502. The highest BCUT2D eigenvalue weighted by molar-refractivity contribution is 5.95. The fourth-order valence-corrected chi connectivity index (χ4v) is 2.07. The summed E-state index contributed by atoms with van der Waals surface area (Å²) in [6.07, 6.45) is 1.28. The highest BCUT2D eigenvalue weighted by Gasteiger charge is 2.10. The molecular weight excluding hydrogens is 376 g/mol.